The molecule has 3 N–H and O–H groups in total. The molecular formula is C24H26N2O4. The maximum Gasteiger partial charge on any atom is 0.307 e. The number of nitrogens with one attached hydrogen (secondary N) is 2. The van der Waals surface area contributed by atoms with Gasteiger partial charge < -0.3 is 15.7 Å². The summed E-state index contributed by atoms with van der Waals surface area (Å²) >= 11 is 0. The average molecular weight is 406 g/mol. The number of carbonyl (C=O) groups excluding carboxylic acids is 2. The first-order valence-corrected chi connectivity index (χ1v) is 10.1. The zero-order valence-corrected chi connectivity index (χ0v) is 17.1. The number of carboxylic acids is 1. The summed E-state index contributed by atoms with van der Waals surface area (Å²) in [6.07, 6.45) is 4.29. The predicted octanol–water partition coefficient (Wildman–Crippen LogP) is 4.67. The Morgan fingerprint density at radius 1 is 0.900 bits per heavy atom. The minimum absolute atomic E-state index is 0.317. The van der Waals surface area contributed by atoms with Gasteiger partial charge in [-0.05, 0) is 48.6 Å². The van der Waals surface area contributed by atoms with Crippen molar-refractivity contribution in [3.63, 3.8) is 0 Å². The van der Waals surface area contributed by atoms with Crippen molar-refractivity contribution < 1.29 is 19.5 Å². The largest absolute Gasteiger partial charge is 0.481 e. The first-order chi connectivity index (χ1) is 14.4. The normalized spacial score (nSPS) is 18.1. The van der Waals surface area contributed by atoms with Gasteiger partial charge in [-0.2, -0.15) is 0 Å². The highest BCUT2D eigenvalue weighted by Gasteiger charge is 2.34. The third kappa shape index (κ3) is 4.95. The van der Waals surface area contributed by atoms with E-state index in [1.54, 1.807) is 30.3 Å². The van der Waals surface area contributed by atoms with E-state index in [0.717, 1.165) is 0 Å². The fourth-order valence-corrected chi connectivity index (χ4v) is 3.54. The number of anilines is 2. The molecule has 2 amide bonds. The monoisotopic (exact) mass is 406 g/mol. The second-order valence-corrected chi connectivity index (χ2v) is 7.76. The molecule has 0 aliphatic heterocycles. The highest BCUT2D eigenvalue weighted by atomic mass is 16.4. The van der Waals surface area contributed by atoms with E-state index in [4.69, 9.17) is 0 Å². The SMILES string of the molecule is CC(C)c1ccc(NC(=O)c2ccccc2NC(=O)[C@H]2CC=CC[C@H]2C(=O)O)cc1. The Morgan fingerprint density at radius 2 is 1.53 bits per heavy atom. The molecule has 0 unspecified atom stereocenters. The molecule has 2 aromatic carbocycles. The molecule has 0 aromatic heterocycles. The number of hydrogen-bond donors (Lipinski definition) is 3. The lowest BCUT2D eigenvalue weighted by Crippen LogP contribution is -2.35. The number of allylic oxidation sites excluding steroid dienone is 2. The van der Waals surface area contributed by atoms with Crippen LogP contribution in [-0.2, 0) is 9.59 Å². The highest BCUT2D eigenvalue weighted by molar-refractivity contribution is 6.10. The Kier molecular flexibility index (Phi) is 6.67. The molecule has 1 aliphatic rings. The fourth-order valence-electron chi connectivity index (χ4n) is 3.54. The van der Waals surface area contributed by atoms with Crippen molar-refractivity contribution in [2.45, 2.75) is 32.6 Å². The van der Waals surface area contributed by atoms with Gasteiger partial charge >= 0.3 is 5.97 Å². The lowest BCUT2D eigenvalue weighted by Gasteiger charge is -2.24. The van der Waals surface area contributed by atoms with E-state index in [9.17, 15) is 19.5 Å². The van der Waals surface area contributed by atoms with Crippen LogP contribution in [0.2, 0.25) is 0 Å². The lowest BCUT2D eigenvalue weighted by molar-refractivity contribution is -0.146. The standard InChI is InChI=1S/C24H26N2O4/c1-15(2)16-11-13-17(14-12-16)25-23(28)20-9-5-6-10-21(20)26-22(27)18-7-3-4-8-19(18)24(29)30/h3-6,9-15,18-19H,7-8H2,1-2H3,(H,25,28)(H,26,27)(H,29,30)/t18-,19+/m0/s1. The van der Waals surface area contributed by atoms with Crippen LogP contribution in [-0.4, -0.2) is 22.9 Å². The van der Waals surface area contributed by atoms with E-state index in [-0.39, 0.29) is 5.91 Å². The van der Waals surface area contributed by atoms with Crippen molar-refractivity contribution in [2.24, 2.45) is 11.8 Å². The molecule has 2 atom stereocenters. The first-order valence-electron chi connectivity index (χ1n) is 10.1. The van der Waals surface area contributed by atoms with Crippen molar-refractivity contribution in [3.8, 4) is 0 Å². The zero-order valence-electron chi connectivity index (χ0n) is 17.1. The van der Waals surface area contributed by atoms with Crippen LogP contribution >= 0.6 is 0 Å². The Labute approximate surface area is 176 Å². The Hall–Kier alpha value is -3.41. The Bertz CT molecular complexity index is 963. The lowest BCUT2D eigenvalue weighted by atomic mass is 9.82. The van der Waals surface area contributed by atoms with Gasteiger partial charge in [-0.3, -0.25) is 14.4 Å². The summed E-state index contributed by atoms with van der Waals surface area (Å²) in [6, 6.07) is 14.3. The average Bonchev–Trinajstić information content (AvgIpc) is 2.74. The van der Waals surface area contributed by atoms with Crippen LogP contribution in [0, 0.1) is 11.8 Å². The summed E-state index contributed by atoms with van der Waals surface area (Å²) < 4.78 is 0. The van der Waals surface area contributed by atoms with E-state index in [0.29, 0.717) is 35.7 Å². The van der Waals surface area contributed by atoms with Crippen LogP contribution in [0.5, 0.6) is 0 Å². The Morgan fingerprint density at radius 3 is 2.17 bits per heavy atom. The van der Waals surface area contributed by atoms with E-state index in [2.05, 4.69) is 24.5 Å². The molecule has 0 fully saturated rings. The maximum atomic E-state index is 12.8. The molecule has 0 bridgehead atoms. The summed E-state index contributed by atoms with van der Waals surface area (Å²) in [7, 11) is 0. The molecular weight excluding hydrogens is 380 g/mol. The minimum Gasteiger partial charge on any atom is -0.481 e. The number of para-hydroxylation sites is 1. The van der Waals surface area contributed by atoms with Gasteiger partial charge in [0.25, 0.3) is 5.91 Å². The van der Waals surface area contributed by atoms with Crippen molar-refractivity contribution in [3.05, 3.63) is 71.8 Å². The minimum atomic E-state index is -0.990. The molecule has 0 radical (unpaired) electrons. The van der Waals surface area contributed by atoms with Gasteiger partial charge in [0, 0.05) is 5.69 Å². The van der Waals surface area contributed by atoms with Crippen LogP contribution in [0.15, 0.2) is 60.7 Å². The number of amides is 2. The van der Waals surface area contributed by atoms with E-state index < -0.39 is 23.7 Å². The second kappa shape index (κ2) is 9.39. The van der Waals surface area contributed by atoms with Crippen molar-refractivity contribution in [1.82, 2.24) is 0 Å². The van der Waals surface area contributed by atoms with Crippen LogP contribution in [0.1, 0.15) is 48.5 Å². The molecule has 0 saturated heterocycles. The van der Waals surface area contributed by atoms with Gasteiger partial charge in [-0.25, -0.2) is 0 Å². The number of benzene rings is 2. The highest BCUT2D eigenvalue weighted by Crippen LogP contribution is 2.28. The summed E-state index contributed by atoms with van der Waals surface area (Å²) in [5.41, 5.74) is 2.51. The first kappa shape index (κ1) is 21.3. The van der Waals surface area contributed by atoms with Gasteiger partial charge in [0.1, 0.15) is 0 Å². The molecule has 2 aromatic rings. The smallest absolute Gasteiger partial charge is 0.307 e. The van der Waals surface area contributed by atoms with Crippen molar-refractivity contribution in [2.75, 3.05) is 10.6 Å². The Balaban J connectivity index is 1.75. The van der Waals surface area contributed by atoms with E-state index >= 15 is 0 Å². The van der Waals surface area contributed by atoms with Crippen LogP contribution in [0.4, 0.5) is 11.4 Å². The molecule has 156 valence electrons. The summed E-state index contributed by atoms with van der Waals surface area (Å²) in [5, 5.41) is 15.0. The number of carboxylic acid groups (broad SMARTS) is 1. The third-order valence-electron chi connectivity index (χ3n) is 5.35. The molecule has 6 heteroatoms. The molecule has 3 rings (SSSR count). The van der Waals surface area contributed by atoms with Crippen LogP contribution in [0.3, 0.4) is 0 Å². The fraction of sp³-hybridized carbons (Fsp3) is 0.292. The number of hydrogen-bond acceptors (Lipinski definition) is 3. The zero-order chi connectivity index (χ0) is 21.7. The topological polar surface area (TPSA) is 95.5 Å². The summed E-state index contributed by atoms with van der Waals surface area (Å²) in [4.78, 5) is 37.1. The molecule has 0 heterocycles. The van der Waals surface area contributed by atoms with Gasteiger partial charge in [0.2, 0.25) is 5.91 Å². The third-order valence-corrected chi connectivity index (χ3v) is 5.35. The van der Waals surface area contributed by atoms with Gasteiger partial charge in [-0.1, -0.05) is 50.3 Å². The molecule has 30 heavy (non-hydrogen) atoms. The van der Waals surface area contributed by atoms with Gasteiger partial charge in [0.05, 0.1) is 23.1 Å². The molecule has 6 nitrogen and oxygen atoms in total. The van der Waals surface area contributed by atoms with Crippen molar-refractivity contribution in [1.29, 1.82) is 0 Å². The number of aliphatic carboxylic acids is 1. The predicted molar refractivity (Wildman–Crippen MR) is 117 cm³/mol. The van der Waals surface area contributed by atoms with Crippen LogP contribution in [0.25, 0.3) is 0 Å². The molecule has 0 saturated carbocycles. The van der Waals surface area contributed by atoms with Crippen LogP contribution < -0.4 is 10.6 Å². The van der Waals surface area contributed by atoms with E-state index in [1.807, 2.05) is 30.3 Å². The van der Waals surface area contributed by atoms with Gasteiger partial charge in [0.15, 0.2) is 0 Å². The van der Waals surface area contributed by atoms with E-state index in [1.165, 1.54) is 5.56 Å². The number of rotatable bonds is 6. The summed E-state index contributed by atoms with van der Waals surface area (Å²) in [5.74, 6) is -2.78. The second-order valence-electron chi connectivity index (χ2n) is 7.76. The van der Waals surface area contributed by atoms with Crippen molar-refractivity contribution >= 4 is 29.2 Å². The van der Waals surface area contributed by atoms with Gasteiger partial charge in [-0.15, -0.1) is 0 Å². The number of carbonyl (C=O) groups is 3. The molecule has 1 aliphatic carbocycles. The summed E-state index contributed by atoms with van der Waals surface area (Å²) in [6.45, 7) is 4.20. The molecule has 0 spiro atoms. The maximum absolute atomic E-state index is 12.8. The quantitative estimate of drug-likeness (QED) is 0.608.